The van der Waals surface area contributed by atoms with Gasteiger partial charge >= 0.3 is 0 Å². The summed E-state index contributed by atoms with van der Waals surface area (Å²) >= 11 is 0. The summed E-state index contributed by atoms with van der Waals surface area (Å²) in [6.07, 6.45) is 1.70. The van der Waals surface area contributed by atoms with E-state index in [9.17, 15) is 4.79 Å². The zero-order valence-corrected chi connectivity index (χ0v) is 15.6. The van der Waals surface area contributed by atoms with E-state index in [-0.39, 0.29) is 5.91 Å². The fourth-order valence-corrected chi connectivity index (χ4v) is 3.46. The lowest BCUT2D eigenvalue weighted by Gasteiger charge is -2.35. The number of anilines is 2. The Balaban J connectivity index is 1.45. The molecule has 3 heterocycles. The van der Waals surface area contributed by atoms with Crippen molar-refractivity contribution < 1.29 is 4.79 Å². The van der Waals surface area contributed by atoms with Crippen LogP contribution in [0.25, 0.3) is 10.9 Å². The molecule has 0 atom stereocenters. The van der Waals surface area contributed by atoms with Gasteiger partial charge in [-0.25, -0.2) is 0 Å². The topological polar surface area (TPSA) is 77.2 Å². The van der Waals surface area contributed by atoms with E-state index in [1.807, 2.05) is 41.3 Å². The van der Waals surface area contributed by atoms with Gasteiger partial charge in [0.1, 0.15) is 5.69 Å². The molecule has 7 nitrogen and oxygen atoms in total. The first-order chi connectivity index (χ1) is 13.1. The number of carbonyl (C=O) groups is 1. The maximum absolute atomic E-state index is 12.9. The Hall–Kier alpha value is -3.09. The van der Waals surface area contributed by atoms with Crippen molar-refractivity contribution in [2.24, 2.45) is 0 Å². The quantitative estimate of drug-likeness (QED) is 0.744. The second-order valence-electron chi connectivity index (χ2n) is 7.12. The van der Waals surface area contributed by atoms with Crippen LogP contribution in [0.1, 0.15) is 24.3 Å². The first-order valence-corrected chi connectivity index (χ1v) is 9.32. The lowest BCUT2D eigenvalue weighted by atomic mass is 10.2. The number of carbonyl (C=O) groups excluding carboxylic acids is 1. The lowest BCUT2D eigenvalue weighted by molar-refractivity contribution is 0.0741. The molecule has 2 N–H and O–H groups in total. The number of H-pyrrole nitrogens is 1. The van der Waals surface area contributed by atoms with Gasteiger partial charge in [0.15, 0.2) is 5.82 Å². The van der Waals surface area contributed by atoms with Gasteiger partial charge in [-0.05, 0) is 32.0 Å². The second-order valence-corrected chi connectivity index (χ2v) is 7.12. The SMILES string of the molecule is CC(C)Nc1ccnnc1N1CCN(C(=O)c2cc3ccccc3[nH]2)CC1. The minimum atomic E-state index is 0.0468. The standard InChI is InChI=1S/C20H24N6O/c1-14(2)22-17-7-8-21-24-19(17)25-9-11-26(12-10-25)20(27)18-13-15-5-3-4-6-16(15)23-18/h3-8,13-14,23H,9-12H2,1-2H3,(H,21,22). The van der Waals surface area contributed by atoms with Crippen LogP contribution in [0.5, 0.6) is 0 Å². The predicted octanol–water partition coefficient (Wildman–Crippen LogP) is 2.74. The van der Waals surface area contributed by atoms with E-state index in [0.29, 0.717) is 24.8 Å². The van der Waals surface area contributed by atoms with E-state index in [1.54, 1.807) is 6.20 Å². The van der Waals surface area contributed by atoms with Gasteiger partial charge in [-0.15, -0.1) is 5.10 Å². The summed E-state index contributed by atoms with van der Waals surface area (Å²) in [5.74, 6) is 0.898. The first-order valence-electron chi connectivity index (χ1n) is 9.32. The van der Waals surface area contributed by atoms with Gasteiger partial charge < -0.3 is 20.1 Å². The number of nitrogens with zero attached hydrogens (tertiary/aromatic N) is 4. The molecular weight excluding hydrogens is 340 g/mol. The molecule has 2 aromatic heterocycles. The molecule has 1 amide bonds. The number of aromatic nitrogens is 3. The summed E-state index contributed by atoms with van der Waals surface area (Å²) < 4.78 is 0. The third kappa shape index (κ3) is 3.58. The van der Waals surface area contributed by atoms with Gasteiger partial charge in [0.05, 0.1) is 11.9 Å². The summed E-state index contributed by atoms with van der Waals surface area (Å²) in [6.45, 7) is 6.98. The highest BCUT2D eigenvalue weighted by Gasteiger charge is 2.25. The smallest absolute Gasteiger partial charge is 0.270 e. The summed E-state index contributed by atoms with van der Waals surface area (Å²) in [7, 11) is 0. The van der Waals surface area contributed by atoms with E-state index in [0.717, 1.165) is 35.5 Å². The Kier molecular flexibility index (Phi) is 4.66. The number of aromatic amines is 1. The van der Waals surface area contributed by atoms with E-state index in [4.69, 9.17) is 0 Å². The minimum absolute atomic E-state index is 0.0468. The normalized spacial score (nSPS) is 14.8. The van der Waals surface area contributed by atoms with Crippen molar-refractivity contribution in [1.82, 2.24) is 20.1 Å². The Morgan fingerprint density at radius 2 is 1.93 bits per heavy atom. The van der Waals surface area contributed by atoms with Crippen molar-refractivity contribution >= 4 is 28.3 Å². The number of piperazine rings is 1. The highest BCUT2D eigenvalue weighted by atomic mass is 16.2. The maximum atomic E-state index is 12.9. The Morgan fingerprint density at radius 3 is 2.67 bits per heavy atom. The van der Waals surface area contributed by atoms with E-state index in [2.05, 4.69) is 39.2 Å². The first kappa shape index (κ1) is 17.3. The van der Waals surface area contributed by atoms with Crippen LogP contribution < -0.4 is 10.2 Å². The Labute approximate surface area is 158 Å². The molecule has 1 aliphatic rings. The molecule has 1 aliphatic heterocycles. The molecule has 3 aromatic rings. The Morgan fingerprint density at radius 1 is 1.15 bits per heavy atom. The number of nitrogens with one attached hydrogen (secondary N) is 2. The fraction of sp³-hybridized carbons (Fsp3) is 0.350. The van der Waals surface area contributed by atoms with Gasteiger partial charge in [0, 0.05) is 43.1 Å². The Bertz CT molecular complexity index is 909. The number of hydrogen-bond donors (Lipinski definition) is 2. The summed E-state index contributed by atoms with van der Waals surface area (Å²) in [5.41, 5.74) is 2.62. The third-order valence-electron chi connectivity index (χ3n) is 4.77. The monoisotopic (exact) mass is 364 g/mol. The molecule has 7 heteroatoms. The molecule has 4 rings (SSSR count). The van der Waals surface area contributed by atoms with Crippen LogP contribution in [-0.2, 0) is 0 Å². The van der Waals surface area contributed by atoms with Crippen molar-refractivity contribution in [3.63, 3.8) is 0 Å². The number of hydrogen-bond acceptors (Lipinski definition) is 5. The van der Waals surface area contributed by atoms with Gasteiger partial charge in [0.25, 0.3) is 5.91 Å². The van der Waals surface area contributed by atoms with Crippen LogP contribution in [0.4, 0.5) is 11.5 Å². The van der Waals surface area contributed by atoms with Crippen LogP contribution in [0.15, 0.2) is 42.6 Å². The van der Waals surface area contributed by atoms with E-state index >= 15 is 0 Å². The van der Waals surface area contributed by atoms with Gasteiger partial charge in [-0.3, -0.25) is 4.79 Å². The average molecular weight is 364 g/mol. The highest BCUT2D eigenvalue weighted by Crippen LogP contribution is 2.24. The molecule has 0 aliphatic carbocycles. The highest BCUT2D eigenvalue weighted by molar-refractivity contribution is 5.98. The van der Waals surface area contributed by atoms with Crippen molar-refractivity contribution in [1.29, 1.82) is 0 Å². The molecule has 27 heavy (non-hydrogen) atoms. The number of para-hydroxylation sites is 1. The molecule has 0 spiro atoms. The summed E-state index contributed by atoms with van der Waals surface area (Å²) in [6, 6.07) is 12.1. The number of benzene rings is 1. The van der Waals surface area contributed by atoms with Crippen molar-refractivity contribution in [3.8, 4) is 0 Å². The predicted molar refractivity (Wildman–Crippen MR) is 107 cm³/mol. The maximum Gasteiger partial charge on any atom is 0.270 e. The third-order valence-corrected chi connectivity index (χ3v) is 4.77. The molecular formula is C20H24N6O. The van der Waals surface area contributed by atoms with E-state index in [1.165, 1.54) is 0 Å². The molecule has 1 saturated heterocycles. The van der Waals surface area contributed by atoms with Gasteiger partial charge in [-0.2, -0.15) is 5.10 Å². The van der Waals surface area contributed by atoms with Gasteiger partial charge in [-0.1, -0.05) is 18.2 Å². The molecule has 140 valence electrons. The molecule has 0 saturated carbocycles. The number of amides is 1. The summed E-state index contributed by atoms with van der Waals surface area (Å²) in [4.78, 5) is 20.2. The molecule has 0 radical (unpaired) electrons. The zero-order chi connectivity index (χ0) is 18.8. The number of rotatable bonds is 4. The van der Waals surface area contributed by atoms with Crippen LogP contribution in [0.2, 0.25) is 0 Å². The van der Waals surface area contributed by atoms with Crippen LogP contribution >= 0.6 is 0 Å². The molecule has 1 aromatic carbocycles. The average Bonchev–Trinajstić information content (AvgIpc) is 3.12. The van der Waals surface area contributed by atoms with Crippen molar-refractivity contribution in [2.45, 2.75) is 19.9 Å². The largest absolute Gasteiger partial charge is 0.380 e. The second kappa shape index (κ2) is 7.26. The minimum Gasteiger partial charge on any atom is -0.380 e. The van der Waals surface area contributed by atoms with Crippen LogP contribution in [0, 0.1) is 0 Å². The van der Waals surface area contributed by atoms with Crippen LogP contribution in [0.3, 0.4) is 0 Å². The lowest BCUT2D eigenvalue weighted by Crippen LogP contribution is -2.49. The molecule has 0 unspecified atom stereocenters. The molecule has 1 fully saturated rings. The van der Waals surface area contributed by atoms with E-state index < -0.39 is 0 Å². The fourth-order valence-electron chi connectivity index (χ4n) is 3.46. The number of fused-ring (bicyclic) bond motifs is 1. The van der Waals surface area contributed by atoms with Crippen molar-refractivity contribution in [3.05, 3.63) is 48.3 Å². The van der Waals surface area contributed by atoms with Crippen molar-refractivity contribution in [2.75, 3.05) is 36.4 Å². The molecule has 0 bridgehead atoms. The van der Waals surface area contributed by atoms with Gasteiger partial charge in [0.2, 0.25) is 0 Å². The van der Waals surface area contributed by atoms with Crippen LogP contribution in [-0.4, -0.2) is 58.2 Å². The zero-order valence-electron chi connectivity index (χ0n) is 15.6. The summed E-state index contributed by atoms with van der Waals surface area (Å²) in [5, 5.41) is 12.8.